The molecule has 1 aliphatic heterocycles. The minimum atomic E-state index is -0.00278. The van der Waals surface area contributed by atoms with Crippen molar-refractivity contribution in [2.24, 2.45) is 0 Å². The summed E-state index contributed by atoms with van der Waals surface area (Å²) in [4.78, 5) is 20.7. The number of aromatic nitrogens is 2. The van der Waals surface area contributed by atoms with E-state index in [4.69, 9.17) is 4.52 Å². The number of piperidine rings is 1. The lowest BCUT2D eigenvalue weighted by molar-refractivity contribution is 0.175. The van der Waals surface area contributed by atoms with Gasteiger partial charge in [-0.2, -0.15) is 4.98 Å². The van der Waals surface area contributed by atoms with E-state index in [0.717, 1.165) is 18.7 Å². The fourth-order valence-electron chi connectivity index (χ4n) is 3.53. The van der Waals surface area contributed by atoms with Crippen molar-refractivity contribution in [3.05, 3.63) is 47.6 Å². The lowest BCUT2D eigenvalue weighted by atomic mass is 9.96. The smallest absolute Gasteiger partial charge is 0.317 e. The molecule has 140 valence electrons. The fourth-order valence-corrected chi connectivity index (χ4v) is 3.53. The first-order valence-electron chi connectivity index (χ1n) is 9.07. The molecule has 7 heteroatoms. The van der Waals surface area contributed by atoms with Crippen LogP contribution in [-0.4, -0.2) is 59.7 Å². The van der Waals surface area contributed by atoms with Gasteiger partial charge < -0.3 is 19.6 Å². The highest BCUT2D eigenvalue weighted by molar-refractivity contribution is 5.74. The largest absolute Gasteiger partial charge is 0.343 e. The van der Waals surface area contributed by atoms with Crippen molar-refractivity contribution in [3.8, 4) is 0 Å². The second-order valence-electron chi connectivity index (χ2n) is 7.07. The minimum Gasteiger partial charge on any atom is -0.343 e. The molecule has 2 heterocycles. The molecular weight excluding hydrogens is 330 g/mol. The molecule has 2 aromatic rings. The number of aryl methyl sites for hydroxylation is 1. The summed E-state index contributed by atoms with van der Waals surface area (Å²) in [6, 6.07) is 8.47. The summed E-state index contributed by atoms with van der Waals surface area (Å²) in [6.45, 7) is 4.11. The number of urea groups is 1. The summed E-state index contributed by atoms with van der Waals surface area (Å²) in [5, 5.41) is 7.02. The van der Waals surface area contributed by atoms with Crippen LogP contribution < -0.4 is 5.32 Å². The van der Waals surface area contributed by atoms with E-state index in [1.165, 1.54) is 17.5 Å². The van der Waals surface area contributed by atoms with Crippen molar-refractivity contribution < 1.29 is 9.32 Å². The molecule has 0 saturated carbocycles. The number of nitrogens with one attached hydrogen (secondary N) is 1. The van der Waals surface area contributed by atoms with Crippen LogP contribution >= 0.6 is 0 Å². The van der Waals surface area contributed by atoms with Crippen LogP contribution in [0.15, 0.2) is 35.2 Å². The molecule has 1 saturated heterocycles. The zero-order chi connectivity index (χ0) is 18.5. The maximum atomic E-state index is 12.6. The molecule has 26 heavy (non-hydrogen) atoms. The van der Waals surface area contributed by atoms with E-state index < -0.39 is 0 Å². The van der Waals surface area contributed by atoms with Gasteiger partial charge in [-0.1, -0.05) is 29.4 Å². The number of benzene rings is 1. The van der Waals surface area contributed by atoms with Gasteiger partial charge in [0.15, 0.2) is 5.82 Å². The molecule has 1 aromatic heterocycles. The third-order valence-corrected chi connectivity index (χ3v) is 5.14. The molecule has 1 aromatic carbocycles. The molecule has 2 amide bonds. The Bertz CT molecular complexity index is 708. The monoisotopic (exact) mass is 357 g/mol. The van der Waals surface area contributed by atoms with E-state index in [0.29, 0.717) is 19.6 Å². The van der Waals surface area contributed by atoms with E-state index in [2.05, 4.69) is 39.4 Å². The van der Waals surface area contributed by atoms with Crippen molar-refractivity contribution in [1.82, 2.24) is 25.3 Å². The Balaban J connectivity index is 1.54. The maximum absolute atomic E-state index is 12.6. The summed E-state index contributed by atoms with van der Waals surface area (Å²) >= 11 is 0. The van der Waals surface area contributed by atoms with Gasteiger partial charge in [0.2, 0.25) is 6.39 Å². The summed E-state index contributed by atoms with van der Waals surface area (Å²) in [7, 11) is 4.08. The van der Waals surface area contributed by atoms with Gasteiger partial charge in [-0.15, -0.1) is 0 Å². The Morgan fingerprint density at radius 2 is 2.08 bits per heavy atom. The molecular formula is C19H27N5O2. The fraction of sp³-hybridized carbons (Fsp3) is 0.526. The van der Waals surface area contributed by atoms with Crippen molar-refractivity contribution in [3.63, 3.8) is 0 Å². The molecule has 7 nitrogen and oxygen atoms in total. The van der Waals surface area contributed by atoms with E-state index in [1.54, 1.807) is 0 Å². The van der Waals surface area contributed by atoms with Crippen LogP contribution in [0, 0.1) is 6.92 Å². The van der Waals surface area contributed by atoms with Crippen molar-refractivity contribution in [1.29, 1.82) is 0 Å². The van der Waals surface area contributed by atoms with E-state index >= 15 is 0 Å². The van der Waals surface area contributed by atoms with Gasteiger partial charge in [0, 0.05) is 25.6 Å². The normalized spacial score (nSPS) is 16.7. The highest BCUT2D eigenvalue weighted by atomic mass is 16.5. The first kappa shape index (κ1) is 18.4. The second-order valence-corrected chi connectivity index (χ2v) is 7.07. The van der Waals surface area contributed by atoms with Crippen molar-refractivity contribution in [2.45, 2.75) is 31.7 Å². The van der Waals surface area contributed by atoms with Crippen LogP contribution in [0.25, 0.3) is 0 Å². The lowest BCUT2D eigenvalue weighted by Crippen LogP contribution is -2.46. The van der Waals surface area contributed by atoms with Crippen LogP contribution in [-0.2, 0) is 0 Å². The summed E-state index contributed by atoms with van der Waals surface area (Å²) in [6.07, 6.45) is 3.09. The van der Waals surface area contributed by atoms with Crippen LogP contribution in [0.2, 0.25) is 0 Å². The average Bonchev–Trinajstić information content (AvgIpc) is 3.18. The van der Waals surface area contributed by atoms with Crippen LogP contribution in [0.1, 0.15) is 41.8 Å². The lowest BCUT2D eigenvalue weighted by Gasteiger charge is -2.32. The molecule has 1 fully saturated rings. The topological polar surface area (TPSA) is 74.5 Å². The van der Waals surface area contributed by atoms with Gasteiger partial charge in [-0.3, -0.25) is 0 Å². The molecule has 0 spiro atoms. The summed E-state index contributed by atoms with van der Waals surface area (Å²) in [5.74, 6) is 1.02. The average molecular weight is 357 g/mol. The van der Waals surface area contributed by atoms with Crippen LogP contribution in [0.5, 0.6) is 0 Å². The Morgan fingerprint density at radius 3 is 2.69 bits per heavy atom. The maximum Gasteiger partial charge on any atom is 0.317 e. The molecule has 0 bridgehead atoms. The summed E-state index contributed by atoms with van der Waals surface area (Å²) < 4.78 is 4.82. The number of amides is 2. The number of hydrogen-bond acceptors (Lipinski definition) is 5. The molecule has 1 atom stereocenters. The Labute approximate surface area is 154 Å². The SMILES string of the molecule is Cc1ccccc1[C@@H](CNC(=O)N1CCC(c2ncon2)CC1)N(C)C. The highest BCUT2D eigenvalue weighted by Crippen LogP contribution is 2.25. The number of nitrogens with zero attached hydrogens (tertiary/aromatic N) is 4. The van der Waals surface area contributed by atoms with E-state index in [1.807, 2.05) is 31.1 Å². The Hall–Kier alpha value is -2.41. The second kappa shape index (κ2) is 8.31. The number of carbonyl (C=O) groups excluding carboxylic acids is 1. The number of carbonyl (C=O) groups is 1. The number of likely N-dealkylation sites (N-methyl/N-ethyl adjacent to an activating group) is 1. The molecule has 0 unspecified atom stereocenters. The zero-order valence-corrected chi connectivity index (χ0v) is 15.7. The van der Waals surface area contributed by atoms with Gasteiger partial charge in [-0.05, 0) is 45.0 Å². The highest BCUT2D eigenvalue weighted by Gasteiger charge is 2.27. The minimum absolute atomic E-state index is 0.00278. The third-order valence-electron chi connectivity index (χ3n) is 5.14. The van der Waals surface area contributed by atoms with Crippen molar-refractivity contribution >= 4 is 6.03 Å². The zero-order valence-electron chi connectivity index (χ0n) is 15.7. The van der Waals surface area contributed by atoms with Crippen LogP contribution in [0.3, 0.4) is 0 Å². The molecule has 1 aliphatic rings. The van der Waals surface area contributed by atoms with Gasteiger partial charge >= 0.3 is 6.03 Å². The number of likely N-dealkylation sites (tertiary alicyclic amines) is 1. The Kier molecular flexibility index (Phi) is 5.88. The quantitative estimate of drug-likeness (QED) is 0.890. The van der Waals surface area contributed by atoms with Gasteiger partial charge in [-0.25, -0.2) is 4.79 Å². The van der Waals surface area contributed by atoms with E-state index in [-0.39, 0.29) is 18.0 Å². The molecule has 0 aliphatic carbocycles. The molecule has 3 rings (SSSR count). The Morgan fingerprint density at radius 1 is 1.35 bits per heavy atom. The number of rotatable bonds is 5. The molecule has 0 radical (unpaired) electrons. The first-order chi connectivity index (χ1) is 12.6. The molecule has 1 N–H and O–H groups in total. The predicted octanol–water partition coefficient (Wildman–Crippen LogP) is 2.57. The van der Waals surface area contributed by atoms with Crippen LogP contribution in [0.4, 0.5) is 4.79 Å². The van der Waals surface area contributed by atoms with Gasteiger partial charge in [0.25, 0.3) is 0 Å². The number of hydrogen-bond donors (Lipinski definition) is 1. The third kappa shape index (κ3) is 4.22. The standard InChI is InChI=1S/C19H27N5O2/c1-14-6-4-5-7-16(14)17(23(2)3)12-20-19(25)24-10-8-15(9-11-24)18-21-13-26-22-18/h4-7,13,15,17H,8-12H2,1-3H3,(H,20,25)/t17-/m1/s1. The predicted molar refractivity (Wildman–Crippen MR) is 98.9 cm³/mol. The van der Waals surface area contributed by atoms with Gasteiger partial charge in [0.05, 0.1) is 6.04 Å². The van der Waals surface area contributed by atoms with Gasteiger partial charge in [0.1, 0.15) is 0 Å². The van der Waals surface area contributed by atoms with E-state index in [9.17, 15) is 4.79 Å². The first-order valence-corrected chi connectivity index (χ1v) is 9.07. The van der Waals surface area contributed by atoms with Crippen molar-refractivity contribution in [2.75, 3.05) is 33.7 Å². The summed E-state index contributed by atoms with van der Waals surface area (Å²) in [5.41, 5.74) is 2.48.